The van der Waals surface area contributed by atoms with Gasteiger partial charge < -0.3 is 15.8 Å². The van der Waals surface area contributed by atoms with Crippen LogP contribution in [-0.4, -0.2) is 50.9 Å². The molecular formula is C19H32ClN3O4S. The standard InChI is InChI=1S/C19H31N3O4S.ClH/c1-14(2)19(3,13-20)21-18(23)15-9-11-22(12-10-15)27(24,25)17-7-5-16(26-4)6-8-17;/h5-8,14-15H,9-13,20H2,1-4H3,(H,21,23);1H. The molecule has 2 rings (SSSR count). The molecule has 7 nitrogen and oxygen atoms in total. The molecule has 1 unspecified atom stereocenters. The number of rotatable bonds is 7. The number of halogens is 1. The van der Waals surface area contributed by atoms with Gasteiger partial charge in [-0.2, -0.15) is 4.31 Å². The summed E-state index contributed by atoms with van der Waals surface area (Å²) >= 11 is 0. The van der Waals surface area contributed by atoms with Crippen LogP contribution in [0.15, 0.2) is 29.2 Å². The monoisotopic (exact) mass is 433 g/mol. The first-order chi connectivity index (χ1) is 12.6. The van der Waals surface area contributed by atoms with E-state index >= 15 is 0 Å². The molecule has 0 spiro atoms. The zero-order chi connectivity index (χ0) is 20.2. The van der Waals surface area contributed by atoms with Crippen LogP contribution < -0.4 is 15.8 Å². The summed E-state index contributed by atoms with van der Waals surface area (Å²) in [4.78, 5) is 12.9. The number of nitrogens with two attached hydrogens (primary N) is 1. The second kappa shape index (κ2) is 9.91. The molecule has 1 fully saturated rings. The maximum atomic E-state index is 12.8. The minimum Gasteiger partial charge on any atom is -0.497 e. The number of sulfonamides is 1. The number of ether oxygens (including phenoxy) is 1. The highest BCUT2D eigenvalue weighted by atomic mass is 35.5. The Balaban J connectivity index is 0.00000392. The molecule has 1 amide bonds. The average molecular weight is 434 g/mol. The van der Waals surface area contributed by atoms with Crippen LogP contribution in [0.2, 0.25) is 0 Å². The minimum absolute atomic E-state index is 0. The van der Waals surface area contributed by atoms with Crippen molar-refractivity contribution < 1.29 is 17.9 Å². The lowest BCUT2D eigenvalue weighted by Crippen LogP contribution is -2.57. The number of carbonyl (C=O) groups excluding carboxylic acids is 1. The third-order valence-corrected chi connectivity index (χ3v) is 7.54. The van der Waals surface area contributed by atoms with Crippen LogP contribution in [0, 0.1) is 11.8 Å². The number of hydrogen-bond acceptors (Lipinski definition) is 5. The number of nitrogens with zero attached hydrogens (tertiary/aromatic N) is 1. The lowest BCUT2D eigenvalue weighted by Gasteiger charge is -2.37. The number of hydrogen-bond donors (Lipinski definition) is 2. The largest absolute Gasteiger partial charge is 0.497 e. The van der Waals surface area contributed by atoms with E-state index in [2.05, 4.69) is 5.32 Å². The smallest absolute Gasteiger partial charge is 0.243 e. The lowest BCUT2D eigenvalue weighted by molar-refractivity contribution is -0.128. The molecule has 1 aromatic carbocycles. The van der Waals surface area contributed by atoms with Gasteiger partial charge >= 0.3 is 0 Å². The summed E-state index contributed by atoms with van der Waals surface area (Å²) in [6, 6.07) is 6.35. The lowest BCUT2D eigenvalue weighted by atomic mass is 9.87. The first-order valence-electron chi connectivity index (χ1n) is 9.30. The van der Waals surface area contributed by atoms with Gasteiger partial charge in [0, 0.05) is 25.6 Å². The van der Waals surface area contributed by atoms with Crippen LogP contribution in [0.5, 0.6) is 5.75 Å². The highest BCUT2D eigenvalue weighted by molar-refractivity contribution is 7.89. The number of methoxy groups -OCH3 is 1. The Morgan fingerprint density at radius 1 is 1.29 bits per heavy atom. The van der Waals surface area contributed by atoms with Crippen molar-refractivity contribution in [2.45, 2.75) is 44.0 Å². The van der Waals surface area contributed by atoms with Crippen molar-refractivity contribution in [1.82, 2.24) is 9.62 Å². The average Bonchev–Trinajstić information content (AvgIpc) is 2.67. The van der Waals surface area contributed by atoms with Crippen LogP contribution in [0.4, 0.5) is 0 Å². The van der Waals surface area contributed by atoms with E-state index in [4.69, 9.17) is 10.5 Å². The van der Waals surface area contributed by atoms with Gasteiger partial charge in [0.25, 0.3) is 0 Å². The Labute approximate surface area is 174 Å². The first-order valence-corrected chi connectivity index (χ1v) is 10.7. The molecule has 1 aromatic rings. The Kier molecular flexibility index (Phi) is 8.74. The van der Waals surface area contributed by atoms with Crippen molar-refractivity contribution in [1.29, 1.82) is 0 Å². The second-order valence-corrected chi connectivity index (χ2v) is 9.56. The first kappa shape index (κ1) is 24.7. The number of amides is 1. The Morgan fingerprint density at radius 3 is 2.25 bits per heavy atom. The van der Waals surface area contributed by atoms with Crippen LogP contribution >= 0.6 is 12.4 Å². The van der Waals surface area contributed by atoms with Gasteiger partial charge in [0.15, 0.2) is 0 Å². The molecule has 3 N–H and O–H groups in total. The van der Waals surface area contributed by atoms with Crippen LogP contribution in [0.1, 0.15) is 33.6 Å². The predicted molar refractivity (Wildman–Crippen MR) is 112 cm³/mol. The normalized spacial score (nSPS) is 18.2. The maximum Gasteiger partial charge on any atom is 0.243 e. The van der Waals surface area contributed by atoms with Crippen molar-refractivity contribution >= 4 is 28.3 Å². The van der Waals surface area contributed by atoms with E-state index in [9.17, 15) is 13.2 Å². The van der Waals surface area contributed by atoms with Crippen molar-refractivity contribution in [3.8, 4) is 5.75 Å². The summed E-state index contributed by atoms with van der Waals surface area (Å²) in [7, 11) is -2.03. The molecule has 1 aliphatic rings. The van der Waals surface area contributed by atoms with Gasteiger partial charge in [-0.3, -0.25) is 4.79 Å². The number of piperidine rings is 1. The summed E-state index contributed by atoms with van der Waals surface area (Å²) < 4.78 is 32.1. The third-order valence-electron chi connectivity index (χ3n) is 5.63. The molecule has 0 aromatic heterocycles. The number of carbonyl (C=O) groups is 1. The van der Waals surface area contributed by atoms with Gasteiger partial charge in [0.1, 0.15) is 5.75 Å². The molecule has 0 saturated carbocycles. The zero-order valence-corrected chi connectivity index (χ0v) is 18.6. The minimum atomic E-state index is -3.56. The fourth-order valence-electron chi connectivity index (χ4n) is 3.07. The molecular weight excluding hydrogens is 402 g/mol. The van der Waals surface area contributed by atoms with Gasteiger partial charge in [-0.05, 0) is 49.9 Å². The van der Waals surface area contributed by atoms with Gasteiger partial charge in [-0.25, -0.2) is 8.42 Å². The number of nitrogens with one attached hydrogen (secondary N) is 1. The van der Waals surface area contributed by atoms with Gasteiger partial charge in [-0.1, -0.05) is 13.8 Å². The third kappa shape index (κ3) is 5.37. The summed E-state index contributed by atoms with van der Waals surface area (Å²) in [5.74, 6) is 0.578. The SMILES string of the molecule is COc1ccc(S(=O)(=O)N2CCC(C(=O)NC(C)(CN)C(C)C)CC2)cc1.Cl. The molecule has 9 heteroatoms. The summed E-state index contributed by atoms with van der Waals surface area (Å²) in [6.45, 7) is 7.01. The van der Waals surface area contributed by atoms with E-state index in [1.165, 1.54) is 11.4 Å². The van der Waals surface area contributed by atoms with Crippen LogP contribution in [0.3, 0.4) is 0 Å². The molecule has 0 aliphatic carbocycles. The van der Waals surface area contributed by atoms with Crippen LogP contribution in [-0.2, 0) is 14.8 Å². The Morgan fingerprint density at radius 2 is 1.82 bits per heavy atom. The van der Waals surface area contributed by atoms with E-state index in [0.29, 0.717) is 38.2 Å². The van der Waals surface area contributed by atoms with Crippen molar-refractivity contribution in [2.24, 2.45) is 17.6 Å². The fraction of sp³-hybridized carbons (Fsp3) is 0.632. The molecule has 160 valence electrons. The van der Waals surface area contributed by atoms with Crippen molar-refractivity contribution in [3.63, 3.8) is 0 Å². The molecule has 1 heterocycles. The Hall–Kier alpha value is -1.35. The summed E-state index contributed by atoms with van der Waals surface area (Å²) in [5.41, 5.74) is 5.38. The zero-order valence-electron chi connectivity index (χ0n) is 17.0. The predicted octanol–water partition coefficient (Wildman–Crippen LogP) is 2.01. The molecule has 1 atom stereocenters. The fourth-order valence-corrected chi connectivity index (χ4v) is 4.54. The topological polar surface area (TPSA) is 102 Å². The maximum absolute atomic E-state index is 12.8. The van der Waals surface area contributed by atoms with Gasteiger partial charge in [0.05, 0.1) is 17.5 Å². The second-order valence-electron chi connectivity index (χ2n) is 7.62. The van der Waals surface area contributed by atoms with E-state index in [-0.39, 0.29) is 35.0 Å². The van der Waals surface area contributed by atoms with Crippen molar-refractivity contribution in [3.05, 3.63) is 24.3 Å². The van der Waals surface area contributed by atoms with Crippen molar-refractivity contribution in [2.75, 3.05) is 26.7 Å². The molecule has 0 radical (unpaired) electrons. The molecule has 0 bridgehead atoms. The number of benzene rings is 1. The van der Waals surface area contributed by atoms with Crippen LogP contribution in [0.25, 0.3) is 0 Å². The highest BCUT2D eigenvalue weighted by Gasteiger charge is 2.35. The van der Waals surface area contributed by atoms with E-state index in [1.807, 2.05) is 20.8 Å². The molecule has 28 heavy (non-hydrogen) atoms. The summed E-state index contributed by atoms with van der Waals surface area (Å²) in [6.07, 6.45) is 1.000. The summed E-state index contributed by atoms with van der Waals surface area (Å²) in [5, 5.41) is 3.06. The van der Waals surface area contributed by atoms with E-state index in [1.54, 1.807) is 24.3 Å². The van der Waals surface area contributed by atoms with E-state index in [0.717, 1.165) is 0 Å². The van der Waals surface area contributed by atoms with E-state index < -0.39 is 15.6 Å². The Bertz CT molecular complexity index is 747. The molecule has 1 saturated heterocycles. The highest BCUT2D eigenvalue weighted by Crippen LogP contribution is 2.26. The van der Waals surface area contributed by atoms with Gasteiger partial charge in [-0.15, -0.1) is 12.4 Å². The molecule has 1 aliphatic heterocycles. The quantitative estimate of drug-likeness (QED) is 0.684. The van der Waals surface area contributed by atoms with Gasteiger partial charge in [0.2, 0.25) is 15.9 Å².